The van der Waals surface area contributed by atoms with E-state index in [1.54, 1.807) is 24.3 Å². The lowest BCUT2D eigenvalue weighted by atomic mass is 10.00. The average molecular weight is 394 g/mol. The third kappa shape index (κ3) is 3.13. The molecule has 1 atom stereocenters. The van der Waals surface area contributed by atoms with Gasteiger partial charge in [-0.3, -0.25) is 9.36 Å². The van der Waals surface area contributed by atoms with Crippen LogP contribution in [0.4, 0.5) is 24.9 Å². The molecule has 0 aliphatic carbocycles. The maximum Gasteiger partial charge on any atom is 0.413 e. The van der Waals surface area contributed by atoms with Gasteiger partial charge in [-0.1, -0.05) is 30.3 Å². The smallest absolute Gasteiger partial charge is 0.378 e. The molecule has 28 heavy (non-hydrogen) atoms. The van der Waals surface area contributed by atoms with Gasteiger partial charge in [0.05, 0.1) is 19.8 Å². The Morgan fingerprint density at radius 3 is 2.50 bits per heavy atom. The quantitative estimate of drug-likeness (QED) is 0.800. The number of rotatable bonds is 3. The predicted molar refractivity (Wildman–Crippen MR) is 98.6 cm³/mol. The van der Waals surface area contributed by atoms with E-state index < -0.39 is 23.8 Å². The molecular formula is C19H21F3N4O2. The minimum atomic E-state index is -4.53. The molecule has 2 aromatic rings. The SMILES string of the molecule is CC1(C(F)(F)F)Cn2c(nc(N3CCOCC3)cc2=O)N1Cc1ccccc1. The van der Waals surface area contributed by atoms with Crippen molar-refractivity contribution in [3.63, 3.8) is 0 Å². The van der Waals surface area contributed by atoms with Crippen molar-refractivity contribution < 1.29 is 17.9 Å². The second-order valence-corrected chi connectivity index (χ2v) is 7.28. The second-order valence-electron chi connectivity index (χ2n) is 7.28. The Kier molecular flexibility index (Phi) is 4.57. The van der Waals surface area contributed by atoms with E-state index in [9.17, 15) is 18.0 Å². The van der Waals surface area contributed by atoms with Crippen LogP contribution in [0.25, 0.3) is 0 Å². The minimum Gasteiger partial charge on any atom is -0.378 e. The van der Waals surface area contributed by atoms with Crippen LogP contribution in [-0.2, 0) is 17.8 Å². The van der Waals surface area contributed by atoms with E-state index in [-0.39, 0.29) is 12.5 Å². The standard InChI is InChI=1S/C19H21F3N4O2/c1-18(19(20,21)22)13-25-16(27)11-15(24-7-9-28-10-8-24)23-17(25)26(18)12-14-5-3-2-4-6-14/h2-6,11H,7-10,12-13H2,1H3. The Morgan fingerprint density at radius 1 is 1.18 bits per heavy atom. The van der Waals surface area contributed by atoms with Crippen LogP contribution >= 0.6 is 0 Å². The van der Waals surface area contributed by atoms with Crippen LogP contribution in [0.15, 0.2) is 41.2 Å². The second kappa shape index (κ2) is 6.80. The lowest BCUT2D eigenvalue weighted by Crippen LogP contribution is -2.55. The number of aromatic nitrogens is 2. The van der Waals surface area contributed by atoms with Gasteiger partial charge in [0, 0.05) is 25.7 Å². The zero-order valence-corrected chi connectivity index (χ0v) is 15.4. The van der Waals surface area contributed by atoms with Gasteiger partial charge in [-0.05, 0) is 12.5 Å². The first-order valence-corrected chi connectivity index (χ1v) is 9.12. The van der Waals surface area contributed by atoms with Gasteiger partial charge < -0.3 is 14.5 Å². The first-order valence-electron chi connectivity index (χ1n) is 9.12. The van der Waals surface area contributed by atoms with Gasteiger partial charge in [0.15, 0.2) is 5.54 Å². The summed E-state index contributed by atoms with van der Waals surface area (Å²) in [7, 11) is 0. The first-order chi connectivity index (χ1) is 13.3. The number of anilines is 2. The Hall–Kier alpha value is -2.55. The number of hydrogen-bond donors (Lipinski definition) is 0. The van der Waals surface area contributed by atoms with Gasteiger partial charge in [0.25, 0.3) is 5.56 Å². The number of nitrogens with zero attached hydrogens (tertiary/aromatic N) is 4. The molecule has 4 rings (SSSR count). The molecule has 6 nitrogen and oxygen atoms in total. The van der Waals surface area contributed by atoms with E-state index in [1.807, 2.05) is 11.0 Å². The number of hydrogen-bond acceptors (Lipinski definition) is 5. The van der Waals surface area contributed by atoms with Gasteiger partial charge in [-0.2, -0.15) is 18.2 Å². The molecule has 1 aromatic carbocycles. The molecule has 3 heterocycles. The number of alkyl halides is 3. The lowest BCUT2D eigenvalue weighted by molar-refractivity contribution is -0.182. The zero-order chi connectivity index (χ0) is 19.9. The molecule has 0 saturated carbocycles. The van der Waals surface area contributed by atoms with Crippen molar-refractivity contribution in [2.75, 3.05) is 36.1 Å². The summed E-state index contributed by atoms with van der Waals surface area (Å²) in [4.78, 5) is 20.2. The molecule has 1 saturated heterocycles. The summed E-state index contributed by atoms with van der Waals surface area (Å²) in [6.45, 7) is 2.74. The van der Waals surface area contributed by atoms with Crippen molar-refractivity contribution in [1.29, 1.82) is 0 Å². The Balaban J connectivity index is 1.79. The summed E-state index contributed by atoms with van der Waals surface area (Å²) < 4.78 is 48.5. The van der Waals surface area contributed by atoms with Crippen LogP contribution in [0, 0.1) is 0 Å². The highest BCUT2D eigenvalue weighted by Gasteiger charge is 2.59. The van der Waals surface area contributed by atoms with E-state index in [1.165, 1.54) is 11.0 Å². The number of fused-ring (bicyclic) bond motifs is 1. The van der Waals surface area contributed by atoms with Crippen molar-refractivity contribution in [2.45, 2.75) is 31.7 Å². The zero-order valence-electron chi connectivity index (χ0n) is 15.4. The van der Waals surface area contributed by atoms with Gasteiger partial charge in [0.1, 0.15) is 5.82 Å². The highest BCUT2D eigenvalue weighted by molar-refractivity contribution is 5.50. The van der Waals surface area contributed by atoms with E-state index in [0.717, 1.165) is 17.1 Å². The molecule has 0 radical (unpaired) electrons. The normalized spacial score (nSPS) is 22.4. The van der Waals surface area contributed by atoms with Crippen molar-refractivity contribution in [2.24, 2.45) is 0 Å². The minimum absolute atomic E-state index is 0.00978. The van der Waals surface area contributed by atoms with E-state index >= 15 is 0 Å². The molecule has 2 aliphatic heterocycles. The van der Waals surface area contributed by atoms with Crippen molar-refractivity contribution in [1.82, 2.24) is 9.55 Å². The van der Waals surface area contributed by atoms with Crippen LogP contribution < -0.4 is 15.4 Å². The van der Waals surface area contributed by atoms with E-state index in [2.05, 4.69) is 4.98 Å². The number of ether oxygens (including phenoxy) is 1. The number of halogens is 3. The molecular weight excluding hydrogens is 373 g/mol. The van der Waals surface area contributed by atoms with Crippen LogP contribution in [-0.4, -0.2) is 47.6 Å². The summed E-state index contributed by atoms with van der Waals surface area (Å²) in [5.74, 6) is 0.446. The first kappa shape index (κ1) is 18.8. The largest absolute Gasteiger partial charge is 0.413 e. The van der Waals surface area contributed by atoms with E-state index in [0.29, 0.717) is 32.1 Å². The van der Waals surface area contributed by atoms with Crippen LogP contribution in [0.5, 0.6) is 0 Å². The molecule has 0 bridgehead atoms. The molecule has 2 aliphatic rings. The third-order valence-electron chi connectivity index (χ3n) is 5.41. The summed E-state index contributed by atoms with van der Waals surface area (Å²) in [5, 5.41) is 0. The molecule has 1 unspecified atom stereocenters. The molecule has 1 fully saturated rings. The summed E-state index contributed by atoms with van der Waals surface area (Å²) in [6.07, 6.45) is -4.53. The van der Waals surface area contributed by atoms with Crippen molar-refractivity contribution in [3.05, 3.63) is 52.3 Å². The van der Waals surface area contributed by atoms with Gasteiger partial charge >= 0.3 is 6.18 Å². The molecule has 0 N–H and O–H groups in total. The highest BCUT2D eigenvalue weighted by atomic mass is 19.4. The fourth-order valence-corrected chi connectivity index (χ4v) is 3.66. The van der Waals surface area contributed by atoms with Gasteiger partial charge in [0.2, 0.25) is 5.95 Å². The Labute approximate surface area is 160 Å². The van der Waals surface area contributed by atoms with Gasteiger partial charge in [-0.15, -0.1) is 0 Å². The summed E-state index contributed by atoms with van der Waals surface area (Å²) in [5.41, 5.74) is -1.97. The Bertz CT molecular complexity index is 910. The number of morpholine rings is 1. The molecule has 9 heteroatoms. The number of benzene rings is 1. The highest BCUT2D eigenvalue weighted by Crippen LogP contribution is 2.44. The topological polar surface area (TPSA) is 50.6 Å². The van der Waals surface area contributed by atoms with Crippen LogP contribution in [0.3, 0.4) is 0 Å². The predicted octanol–water partition coefficient (Wildman–Crippen LogP) is 2.42. The van der Waals surface area contributed by atoms with Crippen molar-refractivity contribution in [3.8, 4) is 0 Å². The molecule has 0 amide bonds. The van der Waals surface area contributed by atoms with Crippen molar-refractivity contribution >= 4 is 11.8 Å². The Morgan fingerprint density at radius 2 is 1.86 bits per heavy atom. The van der Waals surface area contributed by atoms with E-state index in [4.69, 9.17) is 4.74 Å². The molecule has 150 valence electrons. The maximum atomic E-state index is 14.0. The van der Waals surface area contributed by atoms with Crippen LogP contribution in [0.1, 0.15) is 12.5 Å². The van der Waals surface area contributed by atoms with Crippen LogP contribution in [0.2, 0.25) is 0 Å². The fraction of sp³-hybridized carbons (Fsp3) is 0.474. The maximum absolute atomic E-state index is 14.0. The summed E-state index contributed by atoms with van der Waals surface area (Å²) in [6, 6.07) is 10.2. The third-order valence-corrected chi connectivity index (χ3v) is 5.41. The van der Waals surface area contributed by atoms with Gasteiger partial charge in [-0.25, -0.2) is 0 Å². The lowest BCUT2D eigenvalue weighted by Gasteiger charge is -2.37. The fourth-order valence-electron chi connectivity index (χ4n) is 3.66. The molecule has 1 aromatic heterocycles. The molecule has 0 spiro atoms. The average Bonchev–Trinajstić information content (AvgIpc) is 2.97. The summed E-state index contributed by atoms with van der Waals surface area (Å²) >= 11 is 0. The monoisotopic (exact) mass is 394 g/mol.